The molecule has 0 aliphatic heterocycles. The molecule has 5 nitrogen and oxygen atoms in total. The average Bonchev–Trinajstić information content (AvgIpc) is 2.15. The molecule has 16 heavy (non-hydrogen) atoms. The van der Waals surface area contributed by atoms with Gasteiger partial charge in [-0.25, -0.2) is 4.98 Å². The minimum absolute atomic E-state index is 0.0301. The predicted octanol–water partition coefficient (Wildman–Crippen LogP) is 3.00. The van der Waals surface area contributed by atoms with Crippen molar-refractivity contribution in [3.8, 4) is 0 Å². The van der Waals surface area contributed by atoms with E-state index in [2.05, 4.69) is 10.3 Å². The van der Waals surface area contributed by atoms with Crippen molar-refractivity contribution in [3.63, 3.8) is 0 Å². The van der Waals surface area contributed by atoms with Gasteiger partial charge in [0.1, 0.15) is 5.15 Å². The molecule has 2 rings (SSSR count). The first kappa shape index (κ1) is 11.1. The van der Waals surface area contributed by atoms with Crippen molar-refractivity contribution >= 4 is 23.1 Å². The standard InChI is InChI=1S/C10H12ClN3O2/c1-10(5-2-6-10)13-9-7(14(15)16)3-4-8(11)12-9/h3-4H,2,5-6H2,1H3,(H,12,13). The summed E-state index contributed by atoms with van der Waals surface area (Å²) in [6.07, 6.45) is 3.13. The van der Waals surface area contributed by atoms with Gasteiger partial charge in [0, 0.05) is 11.6 Å². The number of nitrogens with zero attached hydrogens (tertiary/aromatic N) is 2. The highest BCUT2D eigenvalue weighted by Crippen LogP contribution is 2.36. The van der Waals surface area contributed by atoms with Gasteiger partial charge in [0.25, 0.3) is 0 Å². The summed E-state index contributed by atoms with van der Waals surface area (Å²) in [4.78, 5) is 14.3. The lowest BCUT2D eigenvalue weighted by Crippen LogP contribution is -2.42. The maximum absolute atomic E-state index is 10.8. The van der Waals surface area contributed by atoms with Gasteiger partial charge in [-0.1, -0.05) is 11.6 Å². The van der Waals surface area contributed by atoms with Crippen molar-refractivity contribution in [2.24, 2.45) is 0 Å². The molecule has 1 fully saturated rings. The van der Waals surface area contributed by atoms with Gasteiger partial charge in [0.2, 0.25) is 5.82 Å². The van der Waals surface area contributed by atoms with E-state index in [1.165, 1.54) is 12.1 Å². The molecule has 1 aliphatic rings. The predicted molar refractivity (Wildman–Crippen MR) is 61.8 cm³/mol. The van der Waals surface area contributed by atoms with Crippen LogP contribution in [0.5, 0.6) is 0 Å². The Kier molecular flexibility index (Phi) is 2.71. The molecule has 0 bridgehead atoms. The van der Waals surface area contributed by atoms with E-state index in [1.54, 1.807) is 0 Å². The first-order valence-electron chi connectivity index (χ1n) is 5.09. The number of hydrogen-bond donors (Lipinski definition) is 1. The number of nitrogens with one attached hydrogen (secondary N) is 1. The van der Waals surface area contributed by atoms with Crippen molar-refractivity contribution in [2.75, 3.05) is 5.32 Å². The molecular weight excluding hydrogens is 230 g/mol. The normalized spacial score (nSPS) is 17.6. The molecule has 1 aliphatic carbocycles. The number of halogens is 1. The number of aromatic nitrogens is 1. The Morgan fingerprint density at radius 1 is 1.56 bits per heavy atom. The molecule has 1 N–H and O–H groups in total. The summed E-state index contributed by atoms with van der Waals surface area (Å²) in [5, 5.41) is 14.2. The zero-order valence-corrected chi connectivity index (χ0v) is 9.62. The van der Waals surface area contributed by atoms with Crippen LogP contribution < -0.4 is 5.32 Å². The van der Waals surface area contributed by atoms with Crippen molar-refractivity contribution < 1.29 is 4.92 Å². The lowest BCUT2D eigenvalue weighted by atomic mass is 9.78. The van der Waals surface area contributed by atoms with E-state index in [0.29, 0.717) is 0 Å². The van der Waals surface area contributed by atoms with E-state index in [0.717, 1.165) is 19.3 Å². The quantitative estimate of drug-likeness (QED) is 0.502. The Hall–Kier alpha value is -1.36. The molecule has 86 valence electrons. The van der Waals surface area contributed by atoms with Gasteiger partial charge < -0.3 is 5.32 Å². The Labute approximate surface area is 98.0 Å². The van der Waals surface area contributed by atoms with Gasteiger partial charge in [-0.05, 0) is 32.3 Å². The first-order chi connectivity index (χ1) is 7.50. The van der Waals surface area contributed by atoms with Crippen LogP contribution in [0.3, 0.4) is 0 Å². The van der Waals surface area contributed by atoms with Crippen LogP contribution in [0.1, 0.15) is 26.2 Å². The third-order valence-corrected chi connectivity index (χ3v) is 3.12. The minimum Gasteiger partial charge on any atom is -0.359 e. The number of rotatable bonds is 3. The highest BCUT2D eigenvalue weighted by molar-refractivity contribution is 6.29. The summed E-state index contributed by atoms with van der Waals surface area (Å²) in [5.41, 5.74) is -0.111. The highest BCUT2D eigenvalue weighted by Gasteiger charge is 2.34. The van der Waals surface area contributed by atoms with E-state index in [4.69, 9.17) is 11.6 Å². The molecule has 0 spiro atoms. The number of hydrogen-bond acceptors (Lipinski definition) is 4. The molecule has 1 aromatic heterocycles. The molecule has 1 aromatic rings. The Morgan fingerprint density at radius 3 is 2.75 bits per heavy atom. The van der Waals surface area contributed by atoms with E-state index >= 15 is 0 Å². The average molecular weight is 242 g/mol. The lowest BCUT2D eigenvalue weighted by Gasteiger charge is -2.39. The van der Waals surface area contributed by atoms with Crippen molar-refractivity contribution in [1.82, 2.24) is 4.98 Å². The van der Waals surface area contributed by atoms with Gasteiger partial charge in [0.05, 0.1) is 4.92 Å². The third-order valence-electron chi connectivity index (χ3n) is 2.91. The molecule has 0 radical (unpaired) electrons. The molecule has 1 heterocycles. The van der Waals surface area contributed by atoms with Crippen LogP contribution in [0.4, 0.5) is 11.5 Å². The van der Waals surface area contributed by atoms with Gasteiger partial charge in [0.15, 0.2) is 0 Å². The summed E-state index contributed by atoms with van der Waals surface area (Å²) < 4.78 is 0. The van der Waals surface area contributed by atoms with Crippen molar-refractivity contribution in [3.05, 3.63) is 27.4 Å². The second kappa shape index (κ2) is 3.90. The summed E-state index contributed by atoms with van der Waals surface area (Å²) >= 11 is 5.74. The highest BCUT2D eigenvalue weighted by atomic mass is 35.5. The van der Waals surface area contributed by atoms with Crippen molar-refractivity contribution in [1.29, 1.82) is 0 Å². The van der Waals surface area contributed by atoms with E-state index in [1.807, 2.05) is 6.92 Å². The fourth-order valence-electron chi connectivity index (χ4n) is 1.79. The van der Waals surface area contributed by atoms with Gasteiger partial charge in [-0.15, -0.1) is 0 Å². The lowest BCUT2D eigenvalue weighted by molar-refractivity contribution is -0.384. The first-order valence-corrected chi connectivity index (χ1v) is 5.47. The Bertz CT molecular complexity index is 432. The summed E-state index contributed by atoms with van der Waals surface area (Å²) in [6, 6.07) is 2.80. The summed E-state index contributed by atoms with van der Waals surface area (Å²) in [5.74, 6) is 0.264. The second-order valence-corrected chi connectivity index (χ2v) is 4.69. The smallest absolute Gasteiger partial charge is 0.311 e. The molecule has 0 amide bonds. The van der Waals surface area contributed by atoms with Gasteiger partial charge in [-0.2, -0.15) is 0 Å². The van der Waals surface area contributed by atoms with Crippen molar-refractivity contribution in [2.45, 2.75) is 31.7 Å². The van der Waals surface area contributed by atoms with E-state index in [-0.39, 0.29) is 22.2 Å². The summed E-state index contributed by atoms with van der Waals surface area (Å²) in [6.45, 7) is 2.03. The van der Waals surface area contributed by atoms with Crippen LogP contribution in [0.25, 0.3) is 0 Å². The molecule has 1 saturated carbocycles. The second-order valence-electron chi connectivity index (χ2n) is 4.30. The minimum atomic E-state index is -0.451. The van der Waals surface area contributed by atoms with Crippen LogP contribution in [-0.4, -0.2) is 15.4 Å². The maximum Gasteiger partial charge on any atom is 0.311 e. The molecule has 6 heteroatoms. The SMILES string of the molecule is CC1(Nc2nc(Cl)ccc2[N+](=O)[O-])CCC1. The van der Waals surface area contributed by atoms with Crippen LogP contribution in [0, 0.1) is 10.1 Å². The maximum atomic E-state index is 10.8. The third kappa shape index (κ3) is 2.09. The fourth-order valence-corrected chi connectivity index (χ4v) is 1.93. The zero-order valence-electron chi connectivity index (χ0n) is 8.86. The van der Waals surface area contributed by atoms with Crippen LogP contribution in [-0.2, 0) is 0 Å². The Balaban J connectivity index is 2.30. The van der Waals surface area contributed by atoms with Gasteiger partial charge >= 0.3 is 5.69 Å². The van der Waals surface area contributed by atoms with E-state index < -0.39 is 4.92 Å². The molecule has 0 saturated heterocycles. The van der Waals surface area contributed by atoms with Crippen LogP contribution in [0.15, 0.2) is 12.1 Å². The molecule has 0 atom stereocenters. The number of pyridine rings is 1. The van der Waals surface area contributed by atoms with Crippen LogP contribution in [0.2, 0.25) is 5.15 Å². The largest absolute Gasteiger partial charge is 0.359 e. The number of nitro groups is 1. The molecular formula is C10H12ClN3O2. The van der Waals surface area contributed by atoms with E-state index in [9.17, 15) is 10.1 Å². The zero-order chi connectivity index (χ0) is 11.8. The topological polar surface area (TPSA) is 68.1 Å². The molecule has 0 unspecified atom stereocenters. The Morgan fingerprint density at radius 2 is 2.25 bits per heavy atom. The fraction of sp³-hybridized carbons (Fsp3) is 0.500. The summed E-state index contributed by atoms with van der Waals surface area (Å²) in [7, 11) is 0. The molecule has 0 aromatic carbocycles. The number of anilines is 1. The van der Waals surface area contributed by atoms with Crippen LogP contribution >= 0.6 is 11.6 Å². The van der Waals surface area contributed by atoms with Gasteiger partial charge in [-0.3, -0.25) is 10.1 Å². The monoisotopic (exact) mass is 241 g/mol.